The fourth-order valence-electron chi connectivity index (χ4n) is 2.20. The van der Waals surface area contributed by atoms with Gasteiger partial charge >= 0.3 is 0 Å². The first-order valence-corrected chi connectivity index (χ1v) is 7.55. The van der Waals surface area contributed by atoms with E-state index >= 15 is 0 Å². The van der Waals surface area contributed by atoms with Crippen molar-refractivity contribution in [1.29, 1.82) is 0 Å². The molecule has 0 aliphatic heterocycles. The molecule has 0 radical (unpaired) electrons. The summed E-state index contributed by atoms with van der Waals surface area (Å²) >= 11 is 0. The van der Waals surface area contributed by atoms with Gasteiger partial charge in [-0.25, -0.2) is 0 Å². The lowest BCUT2D eigenvalue weighted by molar-refractivity contribution is -0.0674. The van der Waals surface area contributed by atoms with Crippen LogP contribution in [0.3, 0.4) is 0 Å². The van der Waals surface area contributed by atoms with E-state index in [1.165, 1.54) is 0 Å². The summed E-state index contributed by atoms with van der Waals surface area (Å²) in [6.45, 7) is 13.0. The van der Waals surface area contributed by atoms with Crippen molar-refractivity contribution in [2.45, 2.75) is 85.0 Å². The molecule has 0 saturated heterocycles. The number of hydrogen-bond donors (Lipinski definition) is 1. The first kappa shape index (κ1) is 18.9. The summed E-state index contributed by atoms with van der Waals surface area (Å²) < 4.78 is 11.5. The Labute approximate surface area is 119 Å². The van der Waals surface area contributed by atoms with Crippen molar-refractivity contribution < 1.29 is 14.6 Å². The van der Waals surface area contributed by atoms with E-state index in [1.54, 1.807) is 7.11 Å². The molecule has 0 spiro atoms. The average Bonchev–Trinajstić information content (AvgIpc) is 2.33. The van der Waals surface area contributed by atoms with Crippen molar-refractivity contribution in [3.05, 3.63) is 0 Å². The third kappa shape index (κ3) is 7.28. The molecule has 0 saturated carbocycles. The molecule has 1 N–H and O–H groups in total. The zero-order valence-electron chi connectivity index (χ0n) is 14.0. The molecule has 3 heteroatoms. The monoisotopic (exact) mass is 274 g/mol. The summed E-state index contributed by atoms with van der Waals surface area (Å²) in [6.07, 6.45) is 4.24. The van der Waals surface area contributed by atoms with Gasteiger partial charge in [-0.05, 0) is 51.9 Å². The van der Waals surface area contributed by atoms with Crippen LogP contribution in [0.4, 0.5) is 0 Å². The van der Waals surface area contributed by atoms with Gasteiger partial charge in [-0.15, -0.1) is 0 Å². The maximum Gasteiger partial charge on any atom is 0.0613 e. The minimum atomic E-state index is -0.652. The van der Waals surface area contributed by atoms with Crippen LogP contribution < -0.4 is 0 Å². The van der Waals surface area contributed by atoms with Gasteiger partial charge in [-0.3, -0.25) is 0 Å². The first-order valence-electron chi connectivity index (χ1n) is 7.55. The Morgan fingerprint density at radius 1 is 1.16 bits per heavy atom. The van der Waals surface area contributed by atoms with Crippen LogP contribution in [0.1, 0.15) is 67.2 Å². The number of rotatable bonds is 10. The molecule has 0 rings (SSSR count). The Morgan fingerprint density at radius 2 is 1.74 bits per heavy atom. The molecule has 3 atom stereocenters. The Hall–Kier alpha value is -0.120. The van der Waals surface area contributed by atoms with E-state index in [9.17, 15) is 5.11 Å². The van der Waals surface area contributed by atoms with E-state index in [0.29, 0.717) is 19.1 Å². The summed E-state index contributed by atoms with van der Waals surface area (Å²) in [7, 11) is 1.78. The van der Waals surface area contributed by atoms with Crippen molar-refractivity contribution in [3.8, 4) is 0 Å². The molecule has 0 amide bonds. The van der Waals surface area contributed by atoms with Crippen LogP contribution in [0, 0.1) is 5.41 Å². The summed E-state index contributed by atoms with van der Waals surface area (Å²) in [6, 6.07) is 0. The Morgan fingerprint density at radius 3 is 2.11 bits per heavy atom. The molecular formula is C16H34O3. The van der Waals surface area contributed by atoms with E-state index in [4.69, 9.17) is 9.47 Å². The SMILES string of the molecule is CC[C@@H](C[C@@](C)(CC)C(C)OCCC(C)(C)O)OC. The maximum atomic E-state index is 9.71. The second kappa shape index (κ2) is 8.23. The average molecular weight is 274 g/mol. The molecule has 0 aliphatic rings. The highest BCUT2D eigenvalue weighted by atomic mass is 16.5. The summed E-state index contributed by atoms with van der Waals surface area (Å²) in [5.74, 6) is 0. The predicted molar refractivity (Wildman–Crippen MR) is 80.4 cm³/mol. The molecule has 0 fully saturated rings. The summed E-state index contributed by atoms with van der Waals surface area (Å²) in [5, 5.41) is 9.71. The van der Waals surface area contributed by atoms with Crippen LogP contribution in [0.25, 0.3) is 0 Å². The minimum Gasteiger partial charge on any atom is -0.390 e. The van der Waals surface area contributed by atoms with Crippen LogP contribution >= 0.6 is 0 Å². The normalized spacial score (nSPS) is 18.9. The fraction of sp³-hybridized carbons (Fsp3) is 1.00. The van der Waals surface area contributed by atoms with Gasteiger partial charge < -0.3 is 14.6 Å². The number of hydrogen-bond acceptors (Lipinski definition) is 3. The second-order valence-electron chi connectivity index (χ2n) is 6.55. The van der Waals surface area contributed by atoms with Gasteiger partial charge in [-0.1, -0.05) is 20.8 Å². The molecule has 0 aromatic heterocycles. The first-order chi connectivity index (χ1) is 8.68. The molecule has 0 heterocycles. The highest BCUT2D eigenvalue weighted by Gasteiger charge is 2.33. The van der Waals surface area contributed by atoms with Crippen molar-refractivity contribution in [3.63, 3.8) is 0 Å². The highest BCUT2D eigenvalue weighted by Crippen LogP contribution is 2.35. The maximum absolute atomic E-state index is 9.71. The van der Waals surface area contributed by atoms with Crippen LogP contribution in [0.2, 0.25) is 0 Å². The largest absolute Gasteiger partial charge is 0.390 e. The third-order valence-corrected chi connectivity index (χ3v) is 4.35. The standard InChI is InChI=1S/C16H34O3/c1-8-14(18-7)12-16(6,9-2)13(3)19-11-10-15(4,5)17/h13-14,17H,8-12H2,1-7H3/t13?,14-,16+/m0/s1. The zero-order chi connectivity index (χ0) is 15.1. The third-order valence-electron chi connectivity index (χ3n) is 4.35. The minimum absolute atomic E-state index is 0.121. The fourth-order valence-corrected chi connectivity index (χ4v) is 2.20. The number of ether oxygens (including phenoxy) is 2. The van der Waals surface area contributed by atoms with E-state index in [2.05, 4.69) is 27.7 Å². The summed E-state index contributed by atoms with van der Waals surface area (Å²) in [5.41, 5.74) is -0.531. The van der Waals surface area contributed by atoms with E-state index in [1.807, 2.05) is 13.8 Å². The molecular weight excluding hydrogens is 240 g/mol. The molecule has 19 heavy (non-hydrogen) atoms. The molecule has 0 aliphatic carbocycles. The van der Waals surface area contributed by atoms with Crippen LogP contribution in [-0.2, 0) is 9.47 Å². The highest BCUT2D eigenvalue weighted by molar-refractivity contribution is 4.83. The molecule has 116 valence electrons. The van der Waals surface area contributed by atoms with Gasteiger partial charge in [0.05, 0.1) is 17.8 Å². The van der Waals surface area contributed by atoms with Crippen LogP contribution in [-0.4, -0.2) is 36.6 Å². The van der Waals surface area contributed by atoms with Gasteiger partial charge in [0.1, 0.15) is 0 Å². The smallest absolute Gasteiger partial charge is 0.0613 e. The van der Waals surface area contributed by atoms with Crippen LogP contribution in [0.15, 0.2) is 0 Å². The molecule has 1 unspecified atom stereocenters. The predicted octanol–water partition coefficient (Wildman–Crippen LogP) is 3.78. The Balaban J connectivity index is 4.39. The van der Waals surface area contributed by atoms with Gasteiger partial charge in [0.25, 0.3) is 0 Å². The van der Waals surface area contributed by atoms with Crippen LogP contribution in [0.5, 0.6) is 0 Å². The summed E-state index contributed by atoms with van der Waals surface area (Å²) in [4.78, 5) is 0. The van der Waals surface area contributed by atoms with Gasteiger partial charge in [0.2, 0.25) is 0 Å². The number of aliphatic hydroxyl groups is 1. The number of methoxy groups -OCH3 is 1. The quantitative estimate of drug-likeness (QED) is 0.659. The zero-order valence-corrected chi connectivity index (χ0v) is 14.0. The van der Waals surface area contributed by atoms with Gasteiger partial charge in [-0.2, -0.15) is 0 Å². The topological polar surface area (TPSA) is 38.7 Å². The van der Waals surface area contributed by atoms with Crippen molar-refractivity contribution >= 4 is 0 Å². The second-order valence-corrected chi connectivity index (χ2v) is 6.55. The molecule has 0 aromatic rings. The van der Waals surface area contributed by atoms with E-state index < -0.39 is 5.60 Å². The molecule has 3 nitrogen and oxygen atoms in total. The van der Waals surface area contributed by atoms with E-state index in [-0.39, 0.29) is 11.5 Å². The van der Waals surface area contributed by atoms with Crippen molar-refractivity contribution in [2.75, 3.05) is 13.7 Å². The Kier molecular flexibility index (Phi) is 8.18. The molecule has 0 bridgehead atoms. The lowest BCUT2D eigenvalue weighted by Crippen LogP contribution is -2.36. The molecule has 0 aromatic carbocycles. The van der Waals surface area contributed by atoms with Crippen molar-refractivity contribution in [1.82, 2.24) is 0 Å². The van der Waals surface area contributed by atoms with Gasteiger partial charge in [0, 0.05) is 13.7 Å². The lowest BCUT2D eigenvalue weighted by atomic mass is 9.77. The van der Waals surface area contributed by atoms with Gasteiger partial charge in [0.15, 0.2) is 0 Å². The van der Waals surface area contributed by atoms with Crippen molar-refractivity contribution in [2.24, 2.45) is 5.41 Å². The lowest BCUT2D eigenvalue weighted by Gasteiger charge is -2.37. The Bertz CT molecular complexity index is 231. The van der Waals surface area contributed by atoms with E-state index in [0.717, 1.165) is 19.3 Å².